The van der Waals surface area contributed by atoms with Gasteiger partial charge in [-0.1, -0.05) is 0 Å². The normalized spacial score (nSPS) is 11.9. The summed E-state index contributed by atoms with van der Waals surface area (Å²) in [7, 11) is 3.19. The third kappa shape index (κ3) is 3.31. The summed E-state index contributed by atoms with van der Waals surface area (Å²) in [6.45, 7) is 0.312. The van der Waals surface area contributed by atoms with Crippen molar-refractivity contribution in [3.05, 3.63) is 34.9 Å². The van der Waals surface area contributed by atoms with Crippen LogP contribution < -0.4 is 14.8 Å². The zero-order chi connectivity index (χ0) is 14.5. The van der Waals surface area contributed by atoms with Crippen molar-refractivity contribution in [1.82, 2.24) is 9.97 Å². The first kappa shape index (κ1) is 14.4. The number of ether oxygens (including phenoxy) is 2. The molecule has 108 valence electrons. The number of nitrogens with one attached hydrogen (secondary N) is 3. The first-order valence-electron chi connectivity index (χ1n) is 6.05. The Morgan fingerprint density at radius 1 is 1.35 bits per heavy atom. The summed E-state index contributed by atoms with van der Waals surface area (Å²) in [6, 6.07) is 5.42. The van der Waals surface area contributed by atoms with Crippen molar-refractivity contribution in [1.29, 1.82) is 0 Å². The molecule has 0 bridgehead atoms. The Hall–Kier alpha value is -1.99. The monoisotopic (exact) mass is 295 g/mol. The van der Waals surface area contributed by atoms with Crippen LogP contribution >= 0.6 is 12.2 Å². The van der Waals surface area contributed by atoms with Crippen LogP contribution in [0.4, 0.5) is 5.69 Å². The second-order valence-electron chi connectivity index (χ2n) is 4.16. The summed E-state index contributed by atoms with van der Waals surface area (Å²) >= 11 is 4.92. The van der Waals surface area contributed by atoms with Gasteiger partial charge in [-0.3, -0.25) is 0 Å². The molecular weight excluding hydrogens is 278 g/mol. The number of aliphatic hydroxyl groups is 1. The minimum atomic E-state index is -0.709. The molecule has 1 heterocycles. The number of hydrogen-bond donors (Lipinski definition) is 4. The second-order valence-corrected chi connectivity index (χ2v) is 4.57. The van der Waals surface area contributed by atoms with Gasteiger partial charge in [-0.2, -0.15) is 0 Å². The average molecular weight is 295 g/mol. The van der Waals surface area contributed by atoms with Gasteiger partial charge in [0.15, 0.2) is 4.77 Å². The Morgan fingerprint density at radius 3 is 2.75 bits per heavy atom. The van der Waals surface area contributed by atoms with Gasteiger partial charge in [0.1, 0.15) is 17.6 Å². The van der Waals surface area contributed by atoms with E-state index in [1.54, 1.807) is 26.5 Å². The highest BCUT2D eigenvalue weighted by atomic mass is 32.1. The Balaban J connectivity index is 2.07. The Morgan fingerprint density at radius 2 is 2.15 bits per heavy atom. The van der Waals surface area contributed by atoms with Crippen molar-refractivity contribution in [2.24, 2.45) is 0 Å². The third-order valence-electron chi connectivity index (χ3n) is 2.87. The lowest BCUT2D eigenvalue weighted by atomic mass is 10.2. The molecule has 0 aliphatic heterocycles. The van der Waals surface area contributed by atoms with Crippen molar-refractivity contribution < 1.29 is 14.6 Å². The van der Waals surface area contributed by atoms with Gasteiger partial charge in [0.25, 0.3) is 0 Å². The number of imidazole rings is 1. The molecule has 1 atom stereocenters. The molecule has 0 aliphatic rings. The zero-order valence-electron chi connectivity index (χ0n) is 11.3. The van der Waals surface area contributed by atoms with Crippen molar-refractivity contribution >= 4 is 17.9 Å². The van der Waals surface area contributed by atoms with Gasteiger partial charge in [0.05, 0.1) is 25.6 Å². The molecule has 1 aromatic heterocycles. The quantitative estimate of drug-likeness (QED) is 0.614. The number of aromatic nitrogens is 2. The minimum Gasteiger partial charge on any atom is -0.497 e. The number of aromatic amines is 2. The maximum atomic E-state index is 10.1. The maximum Gasteiger partial charge on any atom is 0.174 e. The number of methoxy groups -OCH3 is 2. The second kappa shape index (κ2) is 6.44. The highest BCUT2D eigenvalue weighted by molar-refractivity contribution is 7.71. The molecule has 0 fully saturated rings. The summed E-state index contributed by atoms with van der Waals surface area (Å²) in [5, 5.41) is 13.2. The maximum absolute atomic E-state index is 10.1. The predicted molar refractivity (Wildman–Crippen MR) is 79.0 cm³/mol. The topological polar surface area (TPSA) is 82.3 Å². The molecular formula is C13H17N3O3S. The lowest BCUT2D eigenvalue weighted by molar-refractivity contribution is 0.187. The Bertz CT molecular complexity index is 623. The highest BCUT2D eigenvalue weighted by Crippen LogP contribution is 2.29. The SMILES string of the molecule is COc1ccc(OC)c(NCC(O)c2c[nH]c(=S)[nH]2)c1. The van der Waals surface area contributed by atoms with Gasteiger partial charge in [-0.15, -0.1) is 0 Å². The molecule has 4 N–H and O–H groups in total. The standard InChI is InChI=1S/C13H17N3O3S/c1-18-8-3-4-12(19-2)9(5-8)14-7-11(17)10-6-15-13(20)16-10/h3-6,11,14,17H,7H2,1-2H3,(H2,15,16,20). The number of benzene rings is 1. The number of rotatable bonds is 6. The summed E-state index contributed by atoms with van der Waals surface area (Å²) in [5.41, 5.74) is 1.38. The zero-order valence-corrected chi connectivity index (χ0v) is 12.1. The van der Waals surface area contributed by atoms with Crippen LogP contribution in [0.3, 0.4) is 0 Å². The van der Waals surface area contributed by atoms with Crippen LogP contribution in [0.25, 0.3) is 0 Å². The van der Waals surface area contributed by atoms with E-state index in [2.05, 4.69) is 15.3 Å². The molecule has 0 saturated heterocycles. The largest absolute Gasteiger partial charge is 0.497 e. The average Bonchev–Trinajstić information content (AvgIpc) is 2.91. The number of aliphatic hydroxyl groups excluding tert-OH is 1. The van der Waals surface area contributed by atoms with Crippen LogP contribution in [0.5, 0.6) is 11.5 Å². The van der Waals surface area contributed by atoms with E-state index in [0.29, 0.717) is 28.5 Å². The van der Waals surface area contributed by atoms with Gasteiger partial charge < -0.3 is 29.9 Å². The van der Waals surface area contributed by atoms with E-state index >= 15 is 0 Å². The summed E-state index contributed by atoms with van der Waals surface area (Å²) in [5.74, 6) is 1.39. The van der Waals surface area contributed by atoms with Crippen molar-refractivity contribution in [3.8, 4) is 11.5 Å². The minimum absolute atomic E-state index is 0.312. The van der Waals surface area contributed by atoms with Gasteiger partial charge in [0.2, 0.25) is 0 Å². The van der Waals surface area contributed by atoms with E-state index in [-0.39, 0.29) is 0 Å². The molecule has 7 heteroatoms. The van der Waals surface area contributed by atoms with E-state index in [1.165, 1.54) is 0 Å². The van der Waals surface area contributed by atoms with Crippen LogP contribution in [-0.2, 0) is 0 Å². The number of H-pyrrole nitrogens is 2. The van der Waals surface area contributed by atoms with Gasteiger partial charge in [0, 0.05) is 18.8 Å². The third-order valence-corrected chi connectivity index (χ3v) is 3.09. The molecule has 0 amide bonds. The van der Waals surface area contributed by atoms with E-state index < -0.39 is 6.10 Å². The van der Waals surface area contributed by atoms with Gasteiger partial charge in [-0.05, 0) is 24.4 Å². The summed E-state index contributed by atoms with van der Waals surface area (Å²) < 4.78 is 10.9. The molecule has 0 spiro atoms. The van der Waals surface area contributed by atoms with Crippen molar-refractivity contribution in [2.45, 2.75) is 6.10 Å². The van der Waals surface area contributed by atoms with Crippen LogP contribution in [0.15, 0.2) is 24.4 Å². The van der Waals surface area contributed by atoms with E-state index in [1.807, 2.05) is 12.1 Å². The van der Waals surface area contributed by atoms with Crippen LogP contribution in [-0.4, -0.2) is 35.8 Å². The number of anilines is 1. The fourth-order valence-electron chi connectivity index (χ4n) is 1.79. The smallest absolute Gasteiger partial charge is 0.174 e. The first-order chi connectivity index (χ1) is 9.63. The van der Waals surface area contributed by atoms with Crippen LogP contribution in [0, 0.1) is 4.77 Å². The molecule has 2 rings (SSSR count). The number of hydrogen-bond acceptors (Lipinski definition) is 5. The fourth-order valence-corrected chi connectivity index (χ4v) is 1.97. The van der Waals surface area contributed by atoms with Gasteiger partial charge >= 0.3 is 0 Å². The van der Waals surface area contributed by atoms with Gasteiger partial charge in [-0.25, -0.2) is 0 Å². The van der Waals surface area contributed by atoms with E-state index in [4.69, 9.17) is 21.7 Å². The molecule has 0 radical (unpaired) electrons. The Kier molecular flexibility index (Phi) is 4.65. The lowest BCUT2D eigenvalue weighted by Crippen LogP contribution is -2.13. The molecule has 1 unspecified atom stereocenters. The first-order valence-corrected chi connectivity index (χ1v) is 6.46. The van der Waals surface area contributed by atoms with Crippen LogP contribution in [0.2, 0.25) is 0 Å². The molecule has 20 heavy (non-hydrogen) atoms. The Labute approximate surface area is 121 Å². The molecule has 2 aromatic rings. The van der Waals surface area contributed by atoms with E-state index in [0.717, 1.165) is 5.69 Å². The molecule has 0 aliphatic carbocycles. The van der Waals surface area contributed by atoms with Crippen molar-refractivity contribution in [2.75, 3.05) is 26.1 Å². The lowest BCUT2D eigenvalue weighted by Gasteiger charge is -2.15. The fraction of sp³-hybridized carbons (Fsp3) is 0.308. The van der Waals surface area contributed by atoms with Crippen LogP contribution in [0.1, 0.15) is 11.8 Å². The highest BCUT2D eigenvalue weighted by Gasteiger charge is 2.11. The molecule has 1 aromatic carbocycles. The summed E-state index contributed by atoms with van der Waals surface area (Å²) in [4.78, 5) is 5.69. The molecule has 6 nitrogen and oxygen atoms in total. The van der Waals surface area contributed by atoms with Crippen molar-refractivity contribution in [3.63, 3.8) is 0 Å². The summed E-state index contributed by atoms with van der Waals surface area (Å²) in [6.07, 6.45) is 0.941. The predicted octanol–water partition coefficient (Wildman–Crippen LogP) is 2.23. The van der Waals surface area contributed by atoms with E-state index in [9.17, 15) is 5.11 Å². The molecule has 0 saturated carbocycles.